The largest absolute Gasteiger partial charge is 0.310 e. The van der Waals surface area contributed by atoms with Gasteiger partial charge in [-0.25, -0.2) is 8.78 Å². The van der Waals surface area contributed by atoms with Crippen LogP contribution in [0.1, 0.15) is 31.4 Å². The Hall–Kier alpha value is -0.610. The molecule has 2 rings (SSSR count). The van der Waals surface area contributed by atoms with Crippen molar-refractivity contribution in [3.8, 4) is 0 Å². The fourth-order valence-corrected chi connectivity index (χ4v) is 3.44. The first kappa shape index (κ1) is 13.8. The van der Waals surface area contributed by atoms with Gasteiger partial charge in [-0.1, -0.05) is 0 Å². The van der Waals surface area contributed by atoms with Gasteiger partial charge in [0.1, 0.15) is 11.6 Å². The van der Waals surface area contributed by atoms with E-state index < -0.39 is 11.6 Å². The monoisotopic (exact) mass is 271 g/mol. The van der Waals surface area contributed by atoms with Crippen molar-refractivity contribution in [1.29, 1.82) is 0 Å². The summed E-state index contributed by atoms with van der Waals surface area (Å²) in [6, 6.07) is 3.70. The van der Waals surface area contributed by atoms with Gasteiger partial charge in [0.2, 0.25) is 0 Å². The Labute approximate surface area is 111 Å². The molecule has 0 bridgehead atoms. The lowest BCUT2D eigenvalue weighted by atomic mass is 10.0. The van der Waals surface area contributed by atoms with Gasteiger partial charge in [-0.05, 0) is 61.4 Å². The summed E-state index contributed by atoms with van der Waals surface area (Å²) < 4.78 is 26.2. The maximum atomic E-state index is 13.1. The normalized spacial score (nSPS) is 18.8. The summed E-state index contributed by atoms with van der Waals surface area (Å²) in [6.45, 7) is 2.88. The molecule has 1 aliphatic heterocycles. The van der Waals surface area contributed by atoms with E-state index in [1.165, 1.54) is 36.5 Å². The van der Waals surface area contributed by atoms with Crippen LogP contribution in [0.2, 0.25) is 0 Å². The summed E-state index contributed by atoms with van der Waals surface area (Å²) in [5, 5.41) is 3.38. The quantitative estimate of drug-likeness (QED) is 0.895. The minimum atomic E-state index is -0.507. The van der Waals surface area contributed by atoms with Crippen LogP contribution in [0.4, 0.5) is 8.78 Å². The number of benzene rings is 1. The molecular formula is C14H19F2NS. The highest BCUT2D eigenvalue weighted by Crippen LogP contribution is 2.23. The lowest BCUT2D eigenvalue weighted by Gasteiger charge is -2.24. The molecule has 1 N–H and O–H groups in total. The third-order valence-corrected chi connectivity index (χ3v) is 4.49. The smallest absolute Gasteiger partial charge is 0.126 e. The molecule has 1 aromatic carbocycles. The minimum absolute atomic E-state index is 0.00946. The first-order valence-corrected chi connectivity index (χ1v) is 7.58. The van der Waals surface area contributed by atoms with Crippen molar-refractivity contribution in [2.45, 2.75) is 25.8 Å². The average Bonchev–Trinajstić information content (AvgIpc) is 2.36. The predicted octanol–water partition coefficient (Wildman–Crippen LogP) is 3.76. The number of halogens is 2. The second kappa shape index (κ2) is 6.53. The van der Waals surface area contributed by atoms with E-state index in [9.17, 15) is 8.78 Å². The van der Waals surface area contributed by atoms with Crippen LogP contribution in [0.5, 0.6) is 0 Å². The van der Waals surface area contributed by atoms with E-state index in [0.717, 1.165) is 12.6 Å². The fraction of sp³-hybridized carbons (Fsp3) is 0.571. The lowest BCUT2D eigenvalue weighted by Crippen LogP contribution is -2.28. The molecule has 1 unspecified atom stereocenters. The number of rotatable bonds is 4. The van der Waals surface area contributed by atoms with Crippen molar-refractivity contribution in [1.82, 2.24) is 5.32 Å². The first-order chi connectivity index (χ1) is 8.65. The molecule has 1 nitrogen and oxygen atoms in total. The highest BCUT2D eigenvalue weighted by molar-refractivity contribution is 7.99. The molecule has 1 aromatic rings. The highest BCUT2D eigenvalue weighted by atomic mass is 32.2. The van der Waals surface area contributed by atoms with Crippen LogP contribution in [-0.2, 0) is 0 Å². The second-order valence-corrected chi connectivity index (χ2v) is 6.11. The van der Waals surface area contributed by atoms with E-state index in [1.807, 2.05) is 18.7 Å². The summed E-state index contributed by atoms with van der Waals surface area (Å²) in [5.74, 6) is 2.15. The number of nitrogens with one attached hydrogen (secondary N) is 1. The fourth-order valence-electron chi connectivity index (χ4n) is 2.24. The van der Waals surface area contributed by atoms with Gasteiger partial charge in [-0.15, -0.1) is 0 Å². The molecule has 100 valence electrons. The van der Waals surface area contributed by atoms with Crippen molar-refractivity contribution in [2.24, 2.45) is 5.92 Å². The van der Waals surface area contributed by atoms with Gasteiger partial charge in [0, 0.05) is 12.1 Å². The van der Waals surface area contributed by atoms with Crippen molar-refractivity contribution in [3.63, 3.8) is 0 Å². The standard InChI is InChI=1S/C14H19F2NS/c1-10(12-6-13(15)8-14(16)7-12)17-9-11-2-4-18-5-3-11/h6-8,10-11,17H,2-5,9H2,1H3. The summed E-state index contributed by atoms with van der Waals surface area (Å²) in [6.07, 6.45) is 2.48. The zero-order valence-corrected chi connectivity index (χ0v) is 11.4. The summed E-state index contributed by atoms with van der Waals surface area (Å²) >= 11 is 2.01. The molecule has 1 saturated heterocycles. The third kappa shape index (κ3) is 3.95. The van der Waals surface area contributed by atoms with E-state index in [4.69, 9.17) is 0 Å². The van der Waals surface area contributed by atoms with Gasteiger partial charge in [-0.3, -0.25) is 0 Å². The van der Waals surface area contributed by atoms with Gasteiger partial charge < -0.3 is 5.32 Å². The SMILES string of the molecule is CC(NCC1CCSCC1)c1cc(F)cc(F)c1. The summed E-state index contributed by atoms with van der Waals surface area (Å²) in [4.78, 5) is 0. The summed E-state index contributed by atoms with van der Waals surface area (Å²) in [7, 11) is 0. The number of thioether (sulfide) groups is 1. The molecule has 1 fully saturated rings. The van der Waals surface area contributed by atoms with E-state index in [1.54, 1.807) is 0 Å². The Balaban J connectivity index is 1.88. The first-order valence-electron chi connectivity index (χ1n) is 6.42. The zero-order valence-electron chi connectivity index (χ0n) is 10.6. The van der Waals surface area contributed by atoms with Crippen molar-refractivity contribution < 1.29 is 8.78 Å². The van der Waals surface area contributed by atoms with Crippen LogP contribution in [0, 0.1) is 17.6 Å². The maximum Gasteiger partial charge on any atom is 0.126 e. The van der Waals surface area contributed by atoms with Gasteiger partial charge in [0.15, 0.2) is 0 Å². The number of hydrogen-bond donors (Lipinski definition) is 1. The molecule has 1 atom stereocenters. The van der Waals surface area contributed by atoms with Gasteiger partial charge in [-0.2, -0.15) is 11.8 Å². The van der Waals surface area contributed by atoms with Crippen molar-refractivity contribution >= 4 is 11.8 Å². The Morgan fingerprint density at radius 3 is 2.44 bits per heavy atom. The van der Waals surface area contributed by atoms with Crippen LogP contribution in [0.3, 0.4) is 0 Å². The van der Waals surface area contributed by atoms with Crippen molar-refractivity contribution in [3.05, 3.63) is 35.4 Å². The molecule has 0 radical (unpaired) electrons. The Morgan fingerprint density at radius 2 is 1.83 bits per heavy atom. The minimum Gasteiger partial charge on any atom is -0.310 e. The summed E-state index contributed by atoms with van der Waals surface area (Å²) in [5.41, 5.74) is 0.678. The predicted molar refractivity (Wildman–Crippen MR) is 72.8 cm³/mol. The molecule has 0 aromatic heterocycles. The van der Waals surface area contributed by atoms with E-state index in [2.05, 4.69) is 5.32 Å². The van der Waals surface area contributed by atoms with E-state index in [0.29, 0.717) is 11.5 Å². The molecule has 0 saturated carbocycles. The molecule has 0 aliphatic carbocycles. The van der Waals surface area contributed by atoms with Crippen LogP contribution >= 0.6 is 11.8 Å². The lowest BCUT2D eigenvalue weighted by molar-refractivity contribution is 0.419. The molecule has 0 amide bonds. The Kier molecular flexibility index (Phi) is 5.01. The third-order valence-electron chi connectivity index (χ3n) is 3.44. The zero-order chi connectivity index (χ0) is 13.0. The van der Waals surface area contributed by atoms with E-state index in [-0.39, 0.29) is 6.04 Å². The van der Waals surface area contributed by atoms with E-state index >= 15 is 0 Å². The van der Waals surface area contributed by atoms with Crippen LogP contribution in [-0.4, -0.2) is 18.1 Å². The van der Waals surface area contributed by atoms with Crippen LogP contribution < -0.4 is 5.32 Å². The Morgan fingerprint density at radius 1 is 1.22 bits per heavy atom. The van der Waals surface area contributed by atoms with Crippen LogP contribution in [0.25, 0.3) is 0 Å². The van der Waals surface area contributed by atoms with Crippen LogP contribution in [0.15, 0.2) is 18.2 Å². The topological polar surface area (TPSA) is 12.0 Å². The molecule has 18 heavy (non-hydrogen) atoms. The second-order valence-electron chi connectivity index (χ2n) is 4.89. The molecule has 4 heteroatoms. The molecule has 1 aliphatic rings. The molecular weight excluding hydrogens is 252 g/mol. The van der Waals surface area contributed by atoms with Crippen molar-refractivity contribution in [2.75, 3.05) is 18.1 Å². The Bertz CT molecular complexity index is 371. The molecule has 0 spiro atoms. The maximum absolute atomic E-state index is 13.1. The molecule has 1 heterocycles. The number of hydrogen-bond acceptors (Lipinski definition) is 2. The highest BCUT2D eigenvalue weighted by Gasteiger charge is 2.15. The average molecular weight is 271 g/mol. The van der Waals surface area contributed by atoms with Gasteiger partial charge >= 0.3 is 0 Å². The van der Waals surface area contributed by atoms with Gasteiger partial charge in [0.05, 0.1) is 0 Å². The van der Waals surface area contributed by atoms with Gasteiger partial charge in [0.25, 0.3) is 0 Å².